The van der Waals surface area contributed by atoms with E-state index in [0.29, 0.717) is 5.91 Å². The minimum absolute atomic E-state index is 0.0387. The molecule has 1 saturated carbocycles. The zero-order valence-corrected chi connectivity index (χ0v) is 11.6. The second kappa shape index (κ2) is 4.59. The lowest BCUT2D eigenvalue weighted by atomic mass is 10.1. The lowest BCUT2D eigenvalue weighted by Crippen LogP contribution is -2.50. The number of amides is 1. The third-order valence-corrected chi connectivity index (χ3v) is 4.18. The van der Waals surface area contributed by atoms with Gasteiger partial charge >= 0.3 is 0 Å². The summed E-state index contributed by atoms with van der Waals surface area (Å²) in [6.45, 7) is 8.24. The minimum Gasteiger partial charge on any atom is -0.340 e. The molecule has 2 aliphatic rings. The average molecular weight is 263 g/mol. The molecule has 1 aromatic rings. The van der Waals surface area contributed by atoms with Crippen LogP contribution >= 0.6 is 0 Å². The molecule has 1 saturated heterocycles. The summed E-state index contributed by atoms with van der Waals surface area (Å²) in [7, 11) is 0. The van der Waals surface area contributed by atoms with Crippen LogP contribution in [0.2, 0.25) is 0 Å². The second-order valence-corrected chi connectivity index (χ2v) is 5.97. The van der Waals surface area contributed by atoms with Crippen LogP contribution in [0.4, 0.5) is 0 Å². The van der Waals surface area contributed by atoms with Crippen molar-refractivity contribution in [2.45, 2.75) is 33.2 Å². The molecule has 0 spiro atoms. The molecular formula is C13H21N5O. The maximum absolute atomic E-state index is 12.2. The summed E-state index contributed by atoms with van der Waals surface area (Å²) in [5.74, 6) is 2.04. The Kier molecular flexibility index (Phi) is 3.05. The highest BCUT2D eigenvalue weighted by atomic mass is 16.2. The summed E-state index contributed by atoms with van der Waals surface area (Å²) in [5, 5.41) is 7.02. The van der Waals surface area contributed by atoms with Crippen molar-refractivity contribution in [3.05, 3.63) is 11.6 Å². The van der Waals surface area contributed by atoms with Gasteiger partial charge in [-0.25, -0.2) is 4.98 Å². The summed E-state index contributed by atoms with van der Waals surface area (Å²) in [6.07, 6.45) is 2.12. The first-order valence-corrected chi connectivity index (χ1v) is 6.96. The molecule has 104 valence electrons. The highest BCUT2D eigenvalue weighted by molar-refractivity contribution is 5.85. The van der Waals surface area contributed by atoms with Crippen LogP contribution in [0.1, 0.15) is 31.4 Å². The van der Waals surface area contributed by atoms with E-state index in [1.807, 2.05) is 11.8 Å². The standard InChI is InChI=1S/C13H21N5O/c1-10-14-11(16-15-10)9-17-5-7-18(8-6-17)12(19)13(2)3-4-13/h3-9H2,1-2H3,(H,14,15,16). The van der Waals surface area contributed by atoms with Crippen LogP contribution in [-0.2, 0) is 11.3 Å². The maximum atomic E-state index is 12.2. The highest BCUT2D eigenvalue weighted by Gasteiger charge is 2.47. The molecule has 2 heterocycles. The van der Waals surface area contributed by atoms with E-state index in [2.05, 4.69) is 27.0 Å². The van der Waals surface area contributed by atoms with Gasteiger partial charge in [0.1, 0.15) is 5.82 Å². The fraction of sp³-hybridized carbons (Fsp3) is 0.769. The van der Waals surface area contributed by atoms with Gasteiger partial charge in [0, 0.05) is 31.6 Å². The fourth-order valence-corrected chi connectivity index (χ4v) is 2.55. The summed E-state index contributed by atoms with van der Waals surface area (Å²) in [4.78, 5) is 20.9. The molecule has 6 heteroatoms. The fourth-order valence-electron chi connectivity index (χ4n) is 2.55. The topological polar surface area (TPSA) is 65.1 Å². The lowest BCUT2D eigenvalue weighted by Gasteiger charge is -2.35. The Morgan fingerprint density at radius 2 is 2.00 bits per heavy atom. The van der Waals surface area contributed by atoms with E-state index < -0.39 is 0 Å². The van der Waals surface area contributed by atoms with Crippen LogP contribution in [0.3, 0.4) is 0 Å². The number of carbonyl (C=O) groups is 1. The van der Waals surface area contributed by atoms with E-state index in [1.165, 1.54) is 0 Å². The molecule has 0 atom stereocenters. The summed E-state index contributed by atoms with van der Waals surface area (Å²) in [6, 6.07) is 0. The van der Waals surface area contributed by atoms with Gasteiger partial charge in [0.15, 0.2) is 5.82 Å². The van der Waals surface area contributed by atoms with Gasteiger partial charge < -0.3 is 4.90 Å². The van der Waals surface area contributed by atoms with Crippen LogP contribution in [0.5, 0.6) is 0 Å². The number of carbonyl (C=O) groups excluding carboxylic acids is 1. The van der Waals surface area contributed by atoms with Gasteiger partial charge in [-0.2, -0.15) is 5.10 Å². The smallest absolute Gasteiger partial charge is 0.228 e. The number of nitrogens with one attached hydrogen (secondary N) is 1. The number of aryl methyl sites for hydroxylation is 1. The summed E-state index contributed by atoms with van der Waals surface area (Å²) in [5.41, 5.74) is -0.0387. The Balaban J connectivity index is 1.50. The molecule has 1 amide bonds. The van der Waals surface area contributed by atoms with Crippen molar-refractivity contribution in [3.8, 4) is 0 Å². The average Bonchev–Trinajstić information content (AvgIpc) is 3.03. The normalized spacial score (nSPS) is 22.5. The van der Waals surface area contributed by atoms with Gasteiger partial charge in [-0.05, 0) is 19.8 Å². The van der Waals surface area contributed by atoms with E-state index in [4.69, 9.17) is 0 Å². The largest absolute Gasteiger partial charge is 0.340 e. The molecule has 1 aliphatic carbocycles. The lowest BCUT2D eigenvalue weighted by molar-refractivity contribution is -0.138. The van der Waals surface area contributed by atoms with E-state index in [9.17, 15) is 4.79 Å². The van der Waals surface area contributed by atoms with Crippen LogP contribution in [0, 0.1) is 12.3 Å². The number of aromatic amines is 1. The van der Waals surface area contributed by atoms with E-state index >= 15 is 0 Å². The van der Waals surface area contributed by atoms with E-state index in [-0.39, 0.29) is 5.41 Å². The Hall–Kier alpha value is -1.43. The van der Waals surface area contributed by atoms with Crippen molar-refractivity contribution < 1.29 is 4.79 Å². The summed E-state index contributed by atoms with van der Waals surface area (Å²) < 4.78 is 0. The maximum Gasteiger partial charge on any atom is 0.228 e. The van der Waals surface area contributed by atoms with E-state index in [0.717, 1.165) is 57.2 Å². The van der Waals surface area contributed by atoms with Crippen LogP contribution in [-0.4, -0.2) is 57.1 Å². The van der Waals surface area contributed by atoms with Gasteiger partial charge in [0.25, 0.3) is 0 Å². The van der Waals surface area contributed by atoms with Crippen LogP contribution < -0.4 is 0 Å². The molecule has 0 bridgehead atoms. The molecule has 0 aromatic carbocycles. The molecule has 19 heavy (non-hydrogen) atoms. The molecule has 6 nitrogen and oxygen atoms in total. The molecule has 1 aromatic heterocycles. The number of H-pyrrole nitrogens is 1. The van der Waals surface area contributed by atoms with Crippen molar-refractivity contribution in [3.63, 3.8) is 0 Å². The predicted octanol–water partition coefficient (Wildman–Crippen LogP) is 0.557. The molecule has 3 rings (SSSR count). The van der Waals surface area contributed by atoms with Gasteiger partial charge in [0.2, 0.25) is 5.91 Å². The summed E-state index contributed by atoms with van der Waals surface area (Å²) >= 11 is 0. The quantitative estimate of drug-likeness (QED) is 0.865. The Morgan fingerprint density at radius 1 is 1.32 bits per heavy atom. The first-order chi connectivity index (χ1) is 9.07. The van der Waals surface area contributed by atoms with E-state index in [1.54, 1.807) is 0 Å². The minimum atomic E-state index is -0.0387. The number of aromatic nitrogens is 3. The Labute approximate surface area is 113 Å². The second-order valence-electron chi connectivity index (χ2n) is 5.97. The number of nitrogens with zero attached hydrogens (tertiary/aromatic N) is 4. The SMILES string of the molecule is Cc1nc(CN2CCN(C(=O)C3(C)CC3)CC2)n[nH]1. The van der Waals surface area contributed by atoms with Crippen molar-refractivity contribution in [1.29, 1.82) is 0 Å². The highest BCUT2D eigenvalue weighted by Crippen LogP contribution is 2.46. The van der Waals surface area contributed by atoms with Crippen molar-refractivity contribution in [2.24, 2.45) is 5.41 Å². The zero-order valence-electron chi connectivity index (χ0n) is 11.6. The van der Waals surface area contributed by atoms with Crippen LogP contribution in [0.25, 0.3) is 0 Å². The Morgan fingerprint density at radius 3 is 2.53 bits per heavy atom. The van der Waals surface area contributed by atoms with Crippen molar-refractivity contribution in [1.82, 2.24) is 25.0 Å². The first-order valence-electron chi connectivity index (χ1n) is 6.96. The number of rotatable bonds is 3. The monoisotopic (exact) mass is 263 g/mol. The third kappa shape index (κ3) is 2.63. The number of piperazine rings is 1. The van der Waals surface area contributed by atoms with Crippen molar-refractivity contribution in [2.75, 3.05) is 26.2 Å². The molecule has 0 radical (unpaired) electrons. The van der Waals surface area contributed by atoms with Gasteiger partial charge in [0.05, 0.1) is 6.54 Å². The third-order valence-electron chi connectivity index (χ3n) is 4.18. The van der Waals surface area contributed by atoms with Gasteiger partial charge in [-0.15, -0.1) is 0 Å². The van der Waals surface area contributed by atoms with Crippen LogP contribution in [0.15, 0.2) is 0 Å². The molecular weight excluding hydrogens is 242 g/mol. The molecule has 1 N–H and O–H groups in total. The molecule has 0 unspecified atom stereocenters. The predicted molar refractivity (Wildman–Crippen MR) is 70.3 cm³/mol. The molecule has 2 fully saturated rings. The zero-order chi connectivity index (χ0) is 13.5. The Bertz CT molecular complexity index is 471. The molecule has 1 aliphatic heterocycles. The van der Waals surface area contributed by atoms with Crippen molar-refractivity contribution >= 4 is 5.91 Å². The van der Waals surface area contributed by atoms with Gasteiger partial charge in [-0.1, -0.05) is 6.92 Å². The van der Waals surface area contributed by atoms with Gasteiger partial charge in [-0.3, -0.25) is 14.8 Å². The first kappa shape index (κ1) is 12.6. The number of hydrogen-bond acceptors (Lipinski definition) is 4. The number of hydrogen-bond donors (Lipinski definition) is 1.